The molecule has 4 unspecified atom stereocenters. The van der Waals surface area contributed by atoms with Crippen LogP contribution in [0.4, 0.5) is 22.0 Å². The molecule has 0 radical (unpaired) electrons. The van der Waals surface area contributed by atoms with Gasteiger partial charge in [0, 0.05) is 0 Å². The maximum Gasteiger partial charge on any atom is 0.108 e. The zero-order valence-electron chi connectivity index (χ0n) is 68.5. The summed E-state index contributed by atoms with van der Waals surface area (Å²) in [5.41, 5.74) is 0.116. The minimum atomic E-state index is -0.849. The standard InChI is InChI=1S/C10H18.C9H17F.3C9H18.4C7H13F.2C7H14/c1-10(2,3)9-5-7-4-8(7)6-9;1-8(2,3)7-5-9(4,10)6-7;2*1-7-5-8(6-7)9(2,3)4;1-9(2,3)8-6-4-5-7-8;2*1-5-3-6(2)7(8)4-5;2*1-6-3-4-7(2,8)5-6;2*1-6-3-4-7(2)5-6/h7-9H,4-6H2,1-3H3;7H,5-6H2,1-4H3;2*7-8H,5-6H2,1-4H3;8H,4-7H2,1-3H3;2*5-7H,3-4H2,1-2H3;2*6H,3-5H2,1-2H3;2*6-7H,3-5H2,1-2H3/t;;;;;5-,6+,7-;5-,6-,7-;2*6-,7?;6-,7+;6-,7-/m.....0110.0/s1. The highest BCUT2D eigenvalue weighted by molar-refractivity contribution is 4.99. The zero-order chi connectivity index (χ0) is 71.6. The third kappa shape index (κ3) is 37.2. The van der Waals surface area contributed by atoms with Crippen LogP contribution in [0.1, 0.15) is 394 Å². The van der Waals surface area contributed by atoms with E-state index in [9.17, 15) is 22.0 Å². The van der Waals surface area contributed by atoms with Crippen molar-refractivity contribution < 1.29 is 22.0 Å². The van der Waals surface area contributed by atoms with Crippen molar-refractivity contribution in [1.82, 2.24) is 0 Å². The topological polar surface area (TPSA) is 0 Å². The maximum atomic E-state index is 13.0. The van der Waals surface area contributed by atoms with Crippen molar-refractivity contribution >= 4 is 0 Å². The smallest absolute Gasteiger partial charge is 0.108 e. The van der Waals surface area contributed by atoms with Gasteiger partial charge in [-0.05, 0) is 308 Å². The lowest BCUT2D eigenvalue weighted by Crippen LogP contribution is -2.43. The molecule has 12 aliphatic carbocycles. The zero-order valence-corrected chi connectivity index (χ0v) is 68.5. The highest BCUT2D eigenvalue weighted by atomic mass is 19.2. The van der Waals surface area contributed by atoms with E-state index in [1.54, 1.807) is 27.2 Å². The van der Waals surface area contributed by atoms with Crippen LogP contribution in [-0.4, -0.2) is 29.3 Å². The molecule has 12 saturated carbocycles. The predicted octanol–water partition coefficient (Wildman–Crippen LogP) is 30.4. The average Bonchev–Trinajstić information content (AvgIpc) is 1.72. The van der Waals surface area contributed by atoms with E-state index >= 15 is 0 Å². The fourth-order valence-corrected chi connectivity index (χ4v) is 17.9. The molecule has 0 spiro atoms. The minimum Gasteiger partial charge on any atom is -0.247 e. The molecule has 12 rings (SSSR count). The first-order valence-corrected chi connectivity index (χ1v) is 40.5. The highest BCUT2D eigenvalue weighted by Gasteiger charge is 2.49. The van der Waals surface area contributed by atoms with Gasteiger partial charge < -0.3 is 0 Å². The van der Waals surface area contributed by atoms with E-state index in [0.717, 1.165) is 148 Å². The fourth-order valence-electron chi connectivity index (χ4n) is 17.9. The lowest BCUT2D eigenvalue weighted by molar-refractivity contribution is -0.0289. The third-order valence-corrected chi connectivity index (χ3v) is 25.6. The molecule has 12 fully saturated rings. The van der Waals surface area contributed by atoms with Crippen LogP contribution in [0.3, 0.4) is 0 Å². The molecule has 0 aromatic rings. The fraction of sp³-hybridized carbons (Fsp3) is 1.00. The minimum absolute atomic E-state index is 0.311. The Morgan fingerprint density at radius 3 is 0.624 bits per heavy atom. The highest BCUT2D eigenvalue weighted by Crippen LogP contribution is 2.58. The first-order chi connectivity index (χ1) is 42.2. The van der Waals surface area contributed by atoms with Gasteiger partial charge in [0.25, 0.3) is 0 Å². The largest absolute Gasteiger partial charge is 0.247 e. The van der Waals surface area contributed by atoms with Gasteiger partial charge in [0.15, 0.2) is 0 Å². The van der Waals surface area contributed by atoms with Gasteiger partial charge >= 0.3 is 0 Å². The molecule has 0 nitrogen and oxygen atoms in total. The number of hydrogen-bond donors (Lipinski definition) is 0. The molecule has 93 heavy (non-hydrogen) atoms. The molecular weight excluding hydrogens is 1150 g/mol. The summed E-state index contributed by atoms with van der Waals surface area (Å²) in [6.45, 7) is 66.6. The lowest BCUT2D eigenvalue weighted by Gasteiger charge is -2.46. The number of halogens is 5. The summed E-state index contributed by atoms with van der Waals surface area (Å²) in [5, 5.41) is 0. The summed E-state index contributed by atoms with van der Waals surface area (Å²) in [7, 11) is 0. The van der Waals surface area contributed by atoms with Crippen LogP contribution < -0.4 is 0 Å². The van der Waals surface area contributed by atoms with Crippen LogP contribution in [0.5, 0.6) is 0 Å². The molecule has 0 aromatic carbocycles. The maximum absolute atomic E-state index is 13.0. The molecule has 556 valence electrons. The molecule has 0 saturated heterocycles. The van der Waals surface area contributed by atoms with Crippen molar-refractivity contribution in [2.75, 3.05) is 0 Å². The van der Waals surface area contributed by atoms with Gasteiger partial charge in [0.2, 0.25) is 0 Å². The van der Waals surface area contributed by atoms with Gasteiger partial charge in [-0.25, -0.2) is 22.0 Å². The summed E-state index contributed by atoms with van der Waals surface area (Å²) in [6.07, 6.45) is 34.7. The molecule has 0 amide bonds. The van der Waals surface area contributed by atoms with Crippen molar-refractivity contribution in [1.29, 1.82) is 0 Å². The second-order valence-corrected chi connectivity index (χ2v) is 42.5. The van der Waals surface area contributed by atoms with Crippen molar-refractivity contribution in [3.8, 4) is 0 Å². The molecule has 16 atom stereocenters. The van der Waals surface area contributed by atoms with E-state index in [4.69, 9.17) is 0 Å². The van der Waals surface area contributed by atoms with Crippen LogP contribution >= 0.6 is 0 Å². The Kier molecular flexibility index (Phi) is 36.8. The van der Waals surface area contributed by atoms with Gasteiger partial charge in [-0.1, -0.05) is 225 Å². The summed E-state index contributed by atoms with van der Waals surface area (Å²) < 4.78 is 63.8. The molecule has 0 aliphatic heterocycles. The van der Waals surface area contributed by atoms with Crippen LogP contribution in [0, 0.1) is 140 Å². The Labute approximate surface area is 581 Å². The molecule has 0 N–H and O–H groups in total. The summed E-state index contributed by atoms with van der Waals surface area (Å²) in [4.78, 5) is 0. The summed E-state index contributed by atoms with van der Waals surface area (Å²) in [5.74, 6) is 16.2. The van der Waals surface area contributed by atoms with Crippen molar-refractivity contribution in [3.63, 3.8) is 0 Å². The van der Waals surface area contributed by atoms with Crippen LogP contribution in [0.15, 0.2) is 0 Å². The van der Waals surface area contributed by atoms with E-state index in [2.05, 4.69) is 173 Å². The van der Waals surface area contributed by atoms with Crippen LogP contribution in [0.25, 0.3) is 0 Å². The SMILES string of the molecule is CC(C)(C)C1CC2CC2C1.CC(C)(C)C1CCCC1.CC1(F)CC(C(C)(C)C)C1.CC1CC(C(C)(C)C)C1.CC1CC(C(C)(C)C)C1.C[C@@H]1CCC(C)(F)C1.C[C@@H]1CC[C@H](C)C1.C[C@@H]1C[C@@H](C)[C@H](F)C1.C[C@H]1CCC(C)(F)C1.C[C@H]1CC[C@H](C)C1.C[C@H]1C[C@@H](C)[C@@H](F)C1. The van der Waals surface area contributed by atoms with Crippen LogP contribution in [0.2, 0.25) is 0 Å². The number of fused-ring (bicyclic) bond motifs is 1. The Bertz CT molecular complexity index is 1800. The van der Waals surface area contributed by atoms with E-state index in [0.29, 0.717) is 68.5 Å². The lowest BCUT2D eigenvalue weighted by atomic mass is 9.62. The predicted molar refractivity (Wildman–Crippen MR) is 404 cm³/mol. The third-order valence-electron chi connectivity index (χ3n) is 25.6. The van der Waals surface area contributed by atoms with Gasteiger partial charge in [0.05, 0.1) is 0 Å². The number of rotatable bonds is 0. The Hall–Kier alpha value is -0.350. The van der Waals surface area contributed by atoms with E-state index in [-0.39, 0.29) is 0 Å². The molecular formula is C88H169F5. The van der Waals surface area contributed by atoms with Gasteiger partial charge in [0.1, 0.15) is 29.3 Å². The molecule has 5 heteroatoms. The monoisotopic (exact) mass is 1320 g/mol. The van der Waals surface area contributed by atoms with Gasteiger partial charge in [-0.15, -0.1) is 0 Å². The van der Waals surface area contributed by atoms with Gasteiger partial charge in [-0.2, -0.15) is 0 Å². The first kappa shape index (κ1) is 88.7. The van der Waals surface area contributed by atoms with Crippen molar-refractivity contribution in [2.24, 2.45) is 140 Å². The Balaban J connectivity index is 0.000000349. The van der Waals surface area contributed by atoms with Crippen LogP contribution in [-0.2, 0) is 0 Å². The first-order valence-electron chi connectivity index (χ1n) is 40.5. The van der Waals surface area contributed by atoms with E-state index in [1.807, 2.05) is 13.8 Å². The van der Waals surface area contributed by atoms with Crippen molar-refractivity contribution in [2.45, 2.75) is 423 Å². The summed E-state index contributed by atoms with van der Waals surface area (Å²) in [6, 6.07) is 0. The normalized spacial score (nSPS) is 41.2. The Morgan fingerprint density at radius 1 is 0.247 bits per heavy atom. The quantitative estimate of drug-likeness (QED) is 0.212. The van der Waals surface area contributed by atoms with E-state index < -0.39 is 29.3 Å². The van der Waals surface area contributed by atoms with E-state index in [1.165, 1.54) is 103 Å². The number of hydrogen-bond acceptors (Lipinski definition) is 0. The second-order valence-electron chi connectivity index (χ2n) is 42.5. The second kappa shape index (κ2) is 38.6. The average molecular weight is 1320 g/mol. The number of alkyl halides is 5. The molecule has 0 aromatic heterocycles. The molecule has 0 bridgehead atoms. The Morgan fingerprint density at radius 2 is 0.516 bits per heavy atom. The molecule has 0 heterocycles. The van der Waals surface area contributed by atoms with Gasteiger partial charge in [-0.3, -0.25) is 0 Å². The molecule has 12 aliphatic rings. The van der Waals surface area contributed by atoms with Crippen molar-refractivity contribution in [3.05, 3.63) is 0 Å². The summed E-state index contributed by atoms with van der Waals surface area (Å²) >= 11 is 0.